The van der Waals surface area contributed by atoms with Gasteiger partial charge in [0.1, 0.15) is 4.90 Å². The number of rotatable bonds is 6. The maximum atomic E-state index is 12.4. The van der Waals surface area contributed by atoms with Gasteiger partial charge in [0.15, 0.2) is 0 Å². The predicted molar refractivity (Wildman–Crippen MR) is 91.2 cm³/mol. The molecule has 0 fully saturated rings. The van der Waals surface area contributed by atoms with Crippen molar-refractivity contribution in [3.05, 3.63) is 34.4 Å². The van der Waals surface area contributed by atoms with Gasteiger partial charge in [-0.15, -0.1) is 0 Å². The minimum Gasteiger partial charge on any atom is -0.346 e. The predicted octanol–water partition coefficient (Wildman–Crippen LogP) is 2.55. The van der Waals surface area contributed by atoms with Crippen LogP contribution in [0.15, 0.2) is 11.0 Å². The minimum absolute atomic E-state index is 0.255. The third-order valence-corrected chi connectivity index (χ3v) is 5.84. The van der Waals surface area contributed by atoms with Crippen LogP contribution >= 0.6 is 0 Å². The number of hydrogen-bond acceptors (Lipinski definition) is 3. The molecule has 0 bridgehead atoms. The maximum absolute atomic E-state index is 12.4. The Labute approximate surface area is 138 Å². The van der Waals surface area contributed by atoms with Crippen molar-refractivity contribution in [2.45, 2.75) is 58.9 Å². The molecule has 2 rings (SSSR count). The Morgan fingerprint density at radius 2 is 1.91 bits per heavy atom. The minimum atomic E-state index is -3.53. The zero-order valence-corrected chi connectivity index (χ0v) is 15.5. The van der Waals surface area contributed by atoms with E-state index in [2.05, 4.69) is 53.2 Å². The van der Waals surface area contributed by atoms with Crippen LogP contribution in [0.25, 0.3) is 0 Å². The molecule has 2 aromatic heterocycles. The summed E-state index contributed by atoms with van der Waals surface area (Å²) in [5.41, 5.74) is 4.64. The third-order valence-electron chi connectivity index (χ3n) is 4.12. The number of aromatic amines is 1. The second-order valence-electron chi connectivity index (χ2n) is 6.27. The Kier molecular flexibility index (Phi) is 5.01. The highest BCUT2D eigenvalue weighted by Crippen LogP contribution is 2.21. The van der Waals surface area contributed by atoms with Gasteiger partial charge in [-0.25, -0.2) is 13.1 Å². The molecule has 0 saturated carbocycles. The first-order valence-corrected chi connectivity index (χ1v) is 9.32. The van der Waals surface area contributed by atoms with Crippen molar-refractivity contribution in [2.24, 2.45) is 0 Å². The van der Waals surface area contributed by atoms with E-state index in [4.69, 9.17) is 0 Å². The van der Waals surface area contributed by atoms with Gasteiger partial charge in [-0.3, -0.25) is 5.10 Å². The molecule has 0 unspecified atom stereocenters. The van der Waals surface area contributed by atoms with Gasteiger partial charge in [-0.2, -0.15) is 5.10 Å². The van der Waals surface area contributed by atoms with Gasteiger partial charge < -0.3 is 4.57 Å². The van der Waals surface area contributed by atoms with Gasteiger partial charge in [0.2, 0.25) is 10.0 Å². The Bertz CT molecular complexity index is 781. The van der Waals surface area contributed by atoms with Crippen molar-refractivity contribution in [3.8, 4) is 0 Å². The number of nitrogens with zero attached hydrogens (tertiary/aromatic N) is 2. The number of aryl methyl sites for hydroxylation is 3. The quantitative estimate of drug-likeness (QED) is 0.849. The summed E-state index contributed by atoms with van der Waals surface area (Å²) in [6.07, 6.45) is 0.668. The third kappa shape index (κ3) is 3.50. The highest BCUT2D eigenvalue weighted by atomic mass is 32.2. The fraction of sp³-hybridized carbons (Fsp3) is 0.562. The van der Waals surface area contributed by atoms with E-state index in [0.29, 0.717) is 30.4 Å². The van der Waals surface area contributed by atoms with Crippen LogP contribution in [0.2, 0.25) is 0 Å². The number of nitrogens with one attached hydrogen (secondary N) is 2. The number of aromatic nitrogens is 3. The lowest BCUT2D eigenvalue weighted by molar-refractivity contribution is 0.570. The zero-order chi connectivity index (χ0) is 17.4. The molecule has 0 spiro atoms. The van der Waals surface area contributed by atoms with E-state index in [9.17, 15) is 8.42 Å². The zero-order valence-electron chi connectivity index (χ0n) is 14.7. The van der Waals surface area contributed by atoms with E-state index < -0.39 is 10.0 Å². The lowest BCUT2D eigenvalue weighted by atomic mass is 10.2. The second kappa shape index (κ2) is 6.49. The van der Waals surface area contributed by atoms with Gasteiger partial charge in [-0.05, 0) is 59.6 Å². The summed E-state index contributed by atoms with van der Waals surface area (Å²) in [5, 5.41) is 6.66. The van der Waals surface area contributed by atoms with Gasteiger partial charge in [0, 0.05) is 24.0 Å². The maximum Gasteiger partial charge on any atom is 0.244 e. The summed E-state index contributed by atoms with van der Waals surface area (Å²) in [7, 11) is -3.53. The van der Waals surface area contributed by atoms with Gasteiger partial charge >= 0.3 is 0 Å². The summed E-state index contributed by atoms with van der Waals surface area (Å²) >= 11 is 0. The molecule has 0 atom stereocenters. The first kappa shape index (κ1) is 17.7. The van der Waals surface area contributed by atoms with Gasteiger partial charge in [-0.1, -0.05) is 0 Å². The summed E-state index contributed by atoms with van der Waals surface area (Å²) in [5.74, 6) is 0. The van der Waals surface area contributed by atoms with Gasteiger partial charge in [0.25, 0.3) is 0 Å². The van der Waals surface area contributed by atoms with E-state index in [1.54, 1.807) is 13.8 Å². The van der Waals surface area contributed by atoms with Crippen LogP contribution in [0.4, 0.5) is 0 Å². The molecule has 0 aliphatic carbocycles. The summed E-state index contributed by atoms with van der Waals surface area (Å²) in [4.78, 5) is 0.255. The van der Waals surface area contributed by atoms with Gasteiger partial charge in [0.05, 0.1) is 11.4 Å². The molecular formula is C16H26N4O2S. The average molecular weight is 338 g/mol. The first-order chi connectivity index (χ1) is 10.6. The van der Waals surface area contributed by atoms with Crippen molar-refractivity contribution in [2.75, 3.05) is 6.54 Å². The topological polar surface area (TPSA) is 79.8 Å². The molecule has 2 heterocycles. The van der Waals surface area contributed by atoms with Crippen molar-refractivity contribution < 1.29 is 8.42 Å². The SMILES string of the molecule is Cc1n[nH]c(C)c1S(=O)(=O)NCCc1cc(C)n(C(C)C)c1C. The summed E-state index contributed by atoms with van der Waals surface area (Å²) in [6, 6.07) is 2.54. The molecule has 0 radical (unpaired) electrons. The average Bonchev–Trinajstić information content (AvgIpc) is 2.90. The highest BCUT2D eigenvalue weighted by Gasteiger charge is 2.22. The lowest BCUT2D eigenvalue weighted by Gasteiger charge is -2.14. The van der Waals surface area contributed by atoms with Crippen LogP contribution in [-0.4, -0.2) is 29.7 Å². The van der Waals surface area contributed by atoms with Crippen LogP contribution in [0.1, 0.15) is 48.2 Å². The van der Waals surface area contributed by atoms with E-state index in [0.717, 1.165) is 0 Å². The fourth-order valence-electron chi connectivity index (χ4n) is 3.22. The van der Waals surface area contributed by atoms with Crippen molar-refractivity contribution >= 4 is 10.0 Å². The molecule has 0 aromatic carbocycles. The second-order valence-corrected chi connectivity index (χ2v) is 7.97. The van der Waals surface area contributed by atoms with Crippen LogP contribution in [-0.2, 0) is 16.4 Å². The van der Waals surface area contributed by atoms with E-state index in [1.165, 1.54) is 17.0 Å². The Morgan fingerprint density at radius 3 is 2.39 bits per heavy atom. The summed E-state index contributed by atoms with van der Waals surface area (Å²) < 4.78 is 29.8. The highest BCUT2D eigenvalue weighted by molar-refractivity contribution is 7.89. The van der Waals surface area contributed by atoms with E-state index >= 15 is 0 Å². The molecule has 0 saturated heterocycles. The van der Waals surface area contributed by atoms with Crippen molar-refractivity contribution in [1.82, 2.24) is 19.5 Å². The Morgan fingerprint density at radius 1 is 1.26 bits per heavy atom. The molecule has 0 aliphatic heterocycles. The van der Waals surface area contributed by atoms with Crippen molar-refractivity contribution in [3.63, 3.8) is 0 Å². The molecule has 2 aromatic rings. The van der Waals surface area contributed by atoms with Crippen molar-refractivity contribution in [1.29, 1.82) is 0 Å². The fourth-order valence-corrected chi connectivity index (χ4v) is 4.62. The molecule has 6 nitrogen and oxygen atoms in total. The summed E-state index contributed by atoms with van der Waals surface area (Å²) in [6.45, 7) is 12.2. The largest absolute Gasteiger partial charge is 0.346 e. The smallest absolute Gasteiger partial charge is 0.244 e. The monoisotopic (exact) mass is 338 g/mol. The van der Waals surface area contributed by atoms with E-state index in [1.807, 2.05) is 0 Å². The molecular weight excluding hydrogens is 312 g/mol. The van der Waals surface area contributed by atoms with Crippen LogP contribution in [0.3, 0.4) is 0 Å². The molecule has 0 aliphatic rings. The standard InChI is InChI=1S/C16H26N4O2S/c1-10(2)20-11(3)9-15(14(20)6)7-8-17-23(21,22)16-12(4)18-19-13(16)5/h9-10,17H,7-8H2,1-6H3,(H,18,19). The van der Waals surface area contributed by atoms with Crippen LogP contribution < -0.4 is 4.72 Å². The van der Waals surface area contributed by atoms with Crippen LogP contribution in [0.5, 0.6) is 0 Å². The van der Waals surface area contributed by atoms with E-state index in [-0.39, 0.29) is 4.90 Å². The molecule has 0 amide bonds. The lowest BCUT2D eigenvalue weighted by Crippen LogP contribution is -2.27. The molecule has 23 heavy (non-hydrogen) atoms. The number of sulfonamides is 1. The van der Waals surface area contributed by atoms with Crippen LogP contribution in [0, 0.1) is 27.7 Å². The Balaban J connectivity index is 2.10. The number of H-pyrrole nitrogens is 1. The molecule has 7 heteroatoms. The number of hydrogen-bond donors (Lipinski definition) is 2. The molecule has 128 valence electrons. The first-order valence-electron chi connectivity index (χ1n) is 7.83. The normalized spacial score (nSPS) is 12.3. The molecule has 2 N–H and O–H groups in total. The Hall–Kier alpha value is -1.60.